The van der Waals surface area contributed by atoms with E-state index in [9.17, 15) is 9.59 Å². The number of unbranched alkanes of at least 4 members (excludes halogenated alkanes) is 1. The first-order valence-electron chi connectivity index (χ1n) is 9.37. The molecule has 2 aromatic rings. The van der Waals surface area contributed by atoms with Crippen LogP contribution in [0.15, 0.2) is 60.0 Å². The minimum Gasteiger partial charge on any atom is -0.494 e. The quantitative estimate of drug-likeness (QED) is 0.673. The number of nitrogens with zero attached hydrogens (tertiary/aromatic N) is 1. The third-order valence-corrected chi connectivity index (χ3v) is 5.07. The van der Waals surface area contributed by atoms with Crippen LogP contribution < -0.4 is 10.1 Å². The summed E-state index contributed by atoms with van der Waals surface area (Å²) in [5, 5.41) is 4.79. The summed E-state index contributed by atoms with van der Waals surface area (Å²) in [7, 11) is 0. The largest absolute Gasteiger partial charge is 0.494 e. The summed E-state index contributed by atoms with van der Waals surface area (Å²) >= 11 is 1.45. The zero-order valence-corrected chi connectivity index (χ0v) is 16.7. The summed E-state index contributed by atoms with van der Waals surface area (Å²) in [4.78, 5) is 26.5. The molecule has 28 heavy (non-hydrogen) atoms. The molecular formula is C22H24N2O3S. The van der Waals surface area contributed by atoms with E-state index in [2.05, 4.69) is 12.2 Å². The average molecular weight is 397 g/mol. The highest BCUT2D eigenvalue weighted by Gasteiger charge is 2.25. The number of benzene rings is 2. The van der Waals surface area contributed by atoms with Gasteiger partial charge in [-0.05, 0) is 41.7 Å². The van der Waals surface area contributed by atoms with Crippen molar-refractivity contribution < 1.29 is 14.3 Å². The maximum absolute atomic E-state index is 12.5. The van der Waals surface area contributed by atoms with Crippen LogP contribution in [-0.2, 0) is 9.59 Å². The molecule has 0 bridgehead atoms. The molecule has 0 aromatic heterocycles. The van der Waals surface area contributed by atoms with E-state index < -0.39 is 0 Å². The van der Waals surface area contributed by atoms with Crippen molar-refractivity contribution in [3.63, 3.8) is 0 Å². The highest BCUT2D eigenvalue weighted by Crippen LogP contribution is 2.28. The van der Waals surface area contributed by atoms with Gasteiger partial charge in [-0.25, -0.2) is 0 Å². The van der Waals surface area contributed by atoms with E-state index in [0.717, 1.165) is 29.9 Å². The average Bonchev–Trinajstić information content (AvgIpc) is 2.72. The zero-order valence-electron chi connectivity index (χ0n) is 15.9. The van der Waals surface area contributed by atoms with Crippen LogP contribution in [0.3, 0.4) is 0 Å². The van der Waals surface area contributed by atoms with Crippen LogP contribution in [0.4, 0.5) is 5.69 Å². The third-order valence-electron chi connectivity index (χ3n) is 4.27. The Kier molecular flexibility index (Phi) is 7.14. The molecule has 0 saturated heterocycles. The van der Waals surface area contributed by atoms with E-state index in [0.29, 0.717) is 18.0 Å². The summed E-state index contributed by atoms with van der Waals surface area (Å²) < 4.78 is 5.63. The van der Waals surface area contributed by atoms with Gasteiger partial charge in [0.25, 0.3) is 0 Å². The summed E-state index contributed by atoms with van der Waals surface area (Å²) in [6.45, 7) is 2.78. The Bertz CT molecular complexity index is 835. The number of thioether (sulfide) groups is 1. The van der Waals surface area contributed by atoms with Crippen molar-refractivity contribution in [2.75, 3.05) is 24.2 Å². The van der Waals surface area contributed by atoms with Crippen molar-refractivity contribution in [1.29, 1.82) is 0 Å². The van der Waals surface area contributed by atoms with Crippen LogP contribution in [-0.4, -0.2) is 35.6 Å². The van der Waals surface area contributed by atoms with E-state index in [1.807, 2.05) is 47.9 Å². The predicted molar refractivity (Wildman–Crippen MR) is 114 cm³/mol. The lowest BCUT2D eigenvalue weighted by Gasteiger charge is -2.28. The van der Waals surface area contributed by atoms with Crippen molar-refractivity contribution in [1.82, 2.24) is 4.90 Å². The lowest BCUT2D eigenvalue weighted by atomic mass is 10.1. The van der Waals surface area contributed by atoms with E-state index in [-0.39, 0.29) is 18.4 Å². The minimum atomic E-state index is -0.235. The van der Waals surface area contributed by atoms with E-state index in [4.69, 9.17) is 4.74 Å². The first kappa shape index (κ1) is 20.0. The lowest BCUT2D eigenvalue weighted by molar-refractivity contribution is -0.129. The molecule has 2 amide bonds. The Balaban J connectivity index is 1.62. The van der Waals surface area contributed by atoms with Crippen molar-refractivity contribution >= 4 is 35.0 Å². The van der Waals surface area contributed by atoms with Gasteiger partial charge in [0.05, 0.1) is 18.1 Å². The van der Waals surface area contributed by atoms with Crippen molar-refractivity contribution in [3.8, 4) is 5.75 Å². The molecule has 1 aliphatic rings. The van der Waals surface area contributed by atoms with Crippen LogP contribution >= 0.6 is 11.8 Å². The highest BCUT2D eigenvalue weighted by atomic mass is 32.2. The van der Waals surface area contributed by atoms with Gasteiger partial charge in [0.1, 0.15) is 12.3 Å². The molecule has 0 radical (unpaired) electrons. The third kappa shape index (κ3) is 5.39. The highest BCUT2D eigenvalue weighted by molar-refractivity contribution is 8.03. The van der Waals surface area contributed by atoms with Gasteiger partial charge >= 0.3 is 0 Å². The molecule has 1 heterocycles. The van der Waals surface area contributed by atoms with E-state index in [1.54, 1.807) is 17.0 Å². The Morgan fingerprint density at radius 1 is 1.14 bits per heavy atom. The van der Waals surface area contributed by atoms with Crippen LogP contribution in [0.25, 0.3) is 5.70 Å². The van der Waals surface area contributed by atoms with Crippen LogP contribution in [0.2, 0.25) is 0 Å². The molecule has 5 nitrogen and oxygen atoms in total. The molecule has 0 saturated carbocycles. The number of rotatable bonds is 8. The number of nitrogens with one attached hydrogen (secondary N) is 1. The normalized spacial score (nSPS) is 13.8. The first-order valence-corrected chi connectivity index (χ1v) is 10.4. The molecule has 146 valence electrons. The minimum absolute atomic E-state index is 0.0190. The molecule has 1 N–H and O–H groups in total. The van der Waals surface area contributed by atoms with Gasteiger partial charge in [0.15, 0.2) is 0 Å². The molecule has 0 atom stereocenters. The SMILES string of the molecule is CCCCOc1ccc(NC(=O)CN2C(=O)CSC=C2c2ccccc2)cc1. The second-order valence-corrected chi connectivity index (χ2v) is 7.29. The number of hydrogen-bond acceptors (Lipinski definition) is 4. The number of carbonyl (C=O) groups excluding carboxylic acids is 2. The maximum Gasteiger partial charge on any atom is 0.244 e. The fourth-order valence-corrected chi connectivity index (χ4v) is 3.59. The van der Waals surface area contributed by atoms with Crippen LogP contribution in [0.5, 0.6) is 5.75 Å². The second-order valence-electron chi connectivity index (χ2n) is 6.43. The number of amides is 2. The Hall–Kier alpha value is -2.73. The molecule has 0 fully saturated rings. The maximum atomic E-state index is 12.5. The standard InChI is InChI=1S/C22H24N2O3S/c1-2-3-13-27-19-11-9-18(10-12-19)23-21(25)14-24-20(15-28-16-22(24)26)17-7-5-4-6-8-17/h4-12,15H,2-3,13-14,16H2,1H3,(H,23,25). The fraction of sp³-hybridized carbons (Fsp3) is 0.273. The topological polar surface area (TPSA) is 58.6 Å². The molecule has 6 heteroatoms. The summed E-state index contributed by atoms with van der Waals surface area (Å²) in [6, 6.07) is 16.9. The number of ether oxygens (including phenoxy) is 1. The first-order chi connectivity index (χ1) is 13.7. The van der Waals surface area contributed by atoms with Gasteiger partial charge in [-0.1, -0.05) is 43.7 Å². The van der Waals surface area contributed by atoms with Gasteiger partial charge in [-0.15, -0.1) is 11.8 Å². The smallest absolute Gasteiger partial charge is 0.244 e. The van der Waals surface area contributed by atoms with Gasteiger partial charge in [-0.2, -0.15) is 0 Å². The van der Waals surface area contributed by atoms with Gasteiger partial charge in [0.2, 0.25) is 11.8 Å². The number of carbonyl (C=O) groups is 2. The molecule has 1 aliphatic heterocycles. The summed E-state index contributed by atoms with van der Waals surface area (Å²) in [5.74, 6) is 0.819. The fourth-order valence-electron chi connectivity index (χ4n) is 2.79. The molecule has 2 aromatic carbocycles. The van der Waals surface area contributed by atoms with E-state index >= 15 is 0 Å². The molecule has 0 spiro atoms. The molecule has 0 unspecified atom stereocenters. The van der Waals surface area contributed by atoms with Crippen molar-refractivity contribution in [2.45, 2.75) is 19.8 Å². The number of hydrogen-bond donors (Lipinski definition) is 1. The van der Waals surface area contributed by atoms with Gasteiger partial charge in [0, 0.05) is 5.69 Å². The van der Waals surface area contributed by atoms with E-state index in [1.165, 1.54) is 11.8 Å². The Morgan fingerprint density at radius 2 is 1.89 bits per heavy atom. The predicted octanol–water partition coefficient (Wildman–Crippen LogP) is 4.38. The lowest BCUT2D eigenvalue weighted by Crippen LogP contribution is -2.39. The second kappa shape index (κ2) is 9.99. The van der Waals surface area contributed by atoms with Gasteiger partial charge < -0.3 is 15.0 Å². The summed E-state index contributed by atoms with van der Waals surface area (Å²) in [5.41, 5.74) is 2.36. The van der Waals surface area contributed by atoms with Gasteiger partial charge in [-0.3, -0.25) is 9.59 Å². The molecular weight excluding hydrogens is 372 g/mol. The summed E-state index contributed by atoms with van der Waals surface area (Å²) in [6.07, 6.45) is 2.10. The van der Waals surface area contributed by atoms with Crippen molar-refractivity contribution in [3.05, 3.63) is 65.6 Å². The Labute approximate surface area is 169 Å². The molecule has 3 rings (SSSR count). The Morgan fingerprint density at radius 3 is 2.61 bits per heavy atom. The van der Waals surface area contributed by atoms with Crippen molar-refractivity contribution in [2.24, 2.45) is 0 Å². The molecule has 0 aliphatic carbocycles. The zero-order chi connectivity index (χ0) is 19.8. The van der Waals surface area contributed by atoms with Crippen LogP contribution in [0, 0.1) is 0 Å². The van der Waals surface area contributed by atoms with Crippen LogP contribution in [0.1, 0.15) is 25.3 Å². The number of anilines is 1. The monoisotopic (exact) mass is 396 g/mol.